The minimum absolute atomic E-state index is 0.00000945. The van der Waals surface area contributed by atoms with E-state index in [1.165, 1.54) is 12.1 Å². The zero-order chi connectivity index (χ0) is 20.4. The van der Waals surface area contributed by atoms with Crippen LogP contribution in [0.5, 0.6) is 0 Å². The molecule has 0 spiro atoms. The molecule has 5 nitrogen and oxygen atoms in total. The molecule has 0 radical (unpaired) electrons. The van der Waals surface area contributed by atoms with Crippen LogP contribution in [0.1, 0.15) is 23.8 Å². The van der Waals surface area contributed by atoms with Crippen molar-refractivity contribution >= 4 is 10.0 Å². The zero-order valence-electron chi connectivity index (χ0n) is 14.8. The molecule has 1 heterocycles. The van der Waals surface area contributed by atoms with Gasteiger partial charge in [-0.15, -0.1) is 0 Å². The lowest BCUT2D eigenvalue weighted by molar-refractivity contribution is -0.155. The van der Waals surface area contributed by atoms with Crippen LogP contribution in [-0.4, -0.2) is 13.6 Å². The van der Waals surface area contributed by atoms with Gasteiger partial charge in [-0.25, -0.2) is 13.1 Å². The first-order chi connectivity index (χ1) is 13.2. The summed E-state index contributed by atoms with van der Waals surface area (Å²) in [7, 11) is -3.88. The van der Waals surface area contributed by atoms with Crippen molar-refractivity contribution in [3.8, 4) is 11.3 Å². The molecule has 0 unspecified atom stereocenters. The fraction of sp³-hybridized carbons (Fsp3) is 0.211. The summed E-state index contributed by atoms with van der Waals surface area (Å²) in [5.41, 5.74) is 1.46. The third-order valence-corrected chi connectivity index (χ3v) is 5.62. The highest BCUT2D eigenvalue weighted by Gasteiger charge is 2.36. The van der Waals surface area contributed by atoms with Crippen LogP contribution in [-0.2, 0) is 29.2 Å². The number of hydrogen-bond acceptors (Lipinski definition) is 4. The van der Waals surface area contributed by atoms with E-state index in [0.717, 1.165) is 11.6 Å². The summed E-state index contributed by atoms with van der Waals surface area (Å²) in [4.78, 5) is -0.00000945. The number of sulfonamides is 1. The van der Waals surface area contributed by atoms with Gasteiger partial charge in [0.1, 0.15) is 5.69 Å². The Labute approximate surface area is 160 Å². The van der Waals surface area contributed by atoms with Gasteiger partial charge in [0.15, 0.2) is 0 Å². The zero-order valence-corrected chi connectivity index (χ0v) is 15.6. The van der Waals surface area contributed by atoms with Gasteiger partial charge >= 0.3 is 6.18 Å². The quantitative estimate of drug-likeness (QED) is 0.654. The van der Waals surface area contributed by atoms with Gasteiger partial charge in [0.2, 0.25) is 15.8 Å². The first kappa shape index (κ1) is 20.1. The van der Waals surface area contributed by atoms with E-state index in [2.05, 4.69) is 14.4 Å². The van der Waals surface area contributed by atoms with E-state index in [0.29, 0.717) is 12.0 Å². The molecule has 9 heteroatoms. The minimum atomic E-state index is -4.67. The van der Waals surface area contributed by atoms with Crippen molar-refractivity contribution in [1.82, 2.24) is 9.88 Å². The van der Waals surface area contributed by atoms with Crippen LogP contribution in [0.15, 0.2) is 64.0 Å². The van der Waals surface area contributed by atoms with Gasteiger partial charge in [-0.2, -0.15) is 13.2 Å². The number of nitrogens with zero attached hydrogens (tertiary/aromatic N) is 1. The number of benzene rings is 2. The topological polar surface area (TPSA) is 72.2 Å². The van der Waals surface area contributed by atoms with Gasteiger partial charge < -0.3 is 4.52 Å². The third-order valence-electron chi connectivity index (χ3n) is 4.13. The molecule has 3 rings (SSSR count). The van der Waals surface area contributed by atoms with Crippen LogP contribution in [0, 0.1) is 0 Å². The summed E-state index contributed by atoms with van der Waals surface area (Å²) in [6.45, 7) is 1.89. The van der Waals surface area contributed by atoms with Gasteiger partial charge in [0, 0.05) is 18.2 Å². The molecule has 28 heavy (non-hydrogen) atoms. The lowest BCUT2D eigenvalue weighted by Crippen LogP contribution is -2.24. The average Bonchev–Trinajstić information content (AvgIpc) is 3.17. The van der Waals surface area contributed by atoms with E-state index in [1.807, 2.05) is 6.07 Å². The molecule has 0 saturated heterocycles. The van der Waals surface area contributed by atoms with Crippen molar-refractivity contribution in [2.24, 2.45) is 0 Å². The molecule has 0 saturated carbocycles. The smallest absolute Gasteiger partial charge is 0.351 e. The lowest BCUT2D eigenvalue weighted by Gasteiger charge is -2.12. The molecule has 148 valence electrons. The first-order valence-electron chi connectivity index (χ1n) is 8.41. The predicted molar refractivity (Wildman–Crippen MR) is 96.8 cm³/mol. The van der Waals surface area contributed by atoms with Gasteiger partial charge in [-0.3, -0.25) is 0 Å². The van der Waals surface area contributed by atoms with Gasteiger partial charge in [-0.1, -0.05) is 54.5 Å². The van der Waals surface area contributed by atoms with Crippen molar-refractivity contribution < 1.29 is 26.1 Å². The second kappa shape index (κ2) is 7.76. The van der Waals surface area contributed by atoms with Gasteiger partial charge in [0.25, 0.3) is 0 Å². The molecule has 0 amide bonds. The van der Waals surface area contributed by atoms with Crippen molar-refractivity contribution in [3.63, 3.8) is 0 Å². The van der Waals surface area contributed by atoms with Crippen molar-refractivity contribution in [3.05, 3.63) is 71.5 Å². The fourth-order valence-corrected chi connectivity index (χ4v) is 4.00. The van der Waals surface area contributed by atoms with E-state index in [9.17, 15) is 21.6 Å². The van der Waals surface area contributed by atoms with Crippen LogP contribution >= 0.6 is 0 Å². The van der Waals surface area contributed by atoms with Crippen molar-refractivity contribution in [1.29, 1.82) is 0 Å². The van der Waals surface area contributed by atoms with Crippen molar-refractivity contribution in [2.45, 2.75) is 31.0 Å². The molecule has 2 aromatic carbocycles. The maximum atomic E-state index is 12.8. The Morgan fingerprint density at radius 1 is 1.07 bits per heavy atom. The van der Waals surface area contributed by atoms with Crippen LogP contribution in [0.3, 0.4) is 0 Å². The molecular formula is C19H17F3N2O3S. The Kier molecular flexibility index (Phi) is 5.57. The summed E-state index contributed by atoms with van der Waals surface area (Å²) < 4.78 is 70.6. The molecule has 0 aliphatic heterocycles. The molecular weight excluding hydrogens is 393 g/mol. The van der Waals surface area contributed by atoms with E-state index in [1.54, 1.807) is 37.3 Å². The number of alkyl halides is 3. The monoisotopic (exact) mass is 410 g/mol. The third kappa shape index (κ3) is 4.42. The van der Waals surface area contributed by atoms with Crippen LogP contribution in [0.25, 0.3) is 11.3 Å². The van der Waals surface area contributed by atoms with Crippen LogP contribution < -0.4 is 4.72 Å². The van der Waals surface area contributed by atoms with Crippen LogP contribution in [0.4, 0.5) is 13.2 Å². The second-order valence-corrected chi connectivity index (χ2v) is 7.80. The van der Waals surface area contributed by atoms with E-state index < -0.39 is 22.0 Å². The highest BCUT2D eigenvalue weighted by molar-refractivity contribution is 7.89. The second-order valence-electron chi connectivity index (χ2n) is 6.06. The number of aryl methyl sites for hydroxylation is 1. The van der Waals surface area contributed by atoms with E-state index in [4.69, 9.17) is 0 Å². The van der Waals surface area contributed by atoms with E-state index in [-0.39, 0.29) is 22.7 Å². The average molecular weight is 410 g/mol. The molecule has 1 aromatic heterocycles. The van der Waals surface area contributed by atoms with E-state index >= 15 is 0 Å². The molecule has 0 bridgehead atoms. The molecule has 0 fully saturated rings. The first-order valence-corrected chi connectivity index (χ1v) is 9.90. The highest BCUT2D eigenvalue weighted by atomic mass is 32.2. The summed E-state index contributed by atoms with van der Waals surface area (Å²) in [6.07, 6.45) is -4.23. The molecule has 0 atom stereocenters. The summed E-state index contributed by atoms with van der Waals surface area (Å²) in [6, 6.07) is 14.1. The molecule has 0 aliphatic rings. The fourth-order valence-electron chi connectivity index (χ4n) is 2.65. The number of aromatic nitrogens is 1. The number of nitrogens with one attached hydrogen (secondary N) is 1. The normalized spacial score (nSPS) is 12.3. The predicted octanol–water partition coefficient (Wildman–Crippen LogP) is 4.40. The molecule has 3 aromatic rings. The largest absolute Gasteiger partial charge is 0.452 e. The summed E-state index contributed by atoms with van der Waals surface area (Å²) in [5, 5.41) is 3.41. The van der Waals surface area contributed by atoms with Crippen LogP contribution in [0.2, 0.25) is 0 Å². The SMILES string of the molecule is CCc1ccc(-c2cc(C(F)(F)F)on2)cc1S(=O)(=O)NCc1ccccc1. The van der Waals surface area contributed by atoms with Gasteiger partial charge in [0.05, 0.1) is 4.90 Å². The Morgan fingerprint density at radius 2 is 1.79 bits per heavy atom. The highest BCUT2D eigenvalue weighted by Crippen LogP contribution is 2.33. The maximum Gasteiger partial charge on any atom is 0.452 e. The Hall–Kier alpha value is -2.65. The summed E-state index contributed by atoms with van der Waals surface area (Å²) >= 11 is 0. The summed E-state index contributed by atoms with van der Waals surface area (Å²) in [5.74, 6) is -1.24. The molecule has 0 aliphatic carbocycles. The van der Waals surface area contributed by atoms with Gasteiger partial charge in [-0.05, 0) is 23.6 Å². The Balaban J connectivity index is 1.93. The standard InChI is InChI=1S/C19H17F3N2O3S/c1-2-14-8-9-15(16-11-18(27-24-16)19(20,21)22)10-17(14)28(25,26)23-12-13-6-4-3-5-7-13/h3-11,23H,2,12H2,1H3. The lowest BCUT2D eigenvalue weighted by atomic mass is 10.1. The number of halogens is 3. The Bertz CT molecular complexity index is 1060. The molecule has 1 N–H and O–H groups in total. The number of rotatable bonds is 6. The van der Waals surface area contributed by atoms with Crippen molar-refractivity contribution in [2.75, 3.05) is 0 Å². The minimum Gasteiger partial charge on any atom is -0.351 e. The Morgan fingerprint density at radius 3 is 2.39 bits per heavy atom. The number of hydrogen-bond donors (Lipinski definition) is 1. The maximum absolute atomic E-state index is 12.8.